The summed E-state index contributed by atoms with van der Waals surface area (Å²) in [5.74, 6) is 1.53. The molecule has 0 radical (unpaired) electrons. The number of thioether (sulfide) groups is 1. The number of nitrogens with zero attached hydrogens (tertiary/aromatic N) is 2. The number of aromatic nitrogens is 2. The van der Waals surface area contributed by atoms with Crippen LogP contribution >= 0.6 is 11.8 Å². The summed E-state index contributed by atoms with van der Waals surface area (Å²) in [7, 11) is 1.93. The van der Waals surface area contributed by atoms with Crippen molar-refractivity contribution in [3.05, 3.63) is 23.9 Å². The average Bonchev–Trinajstić information content (AvgIpc) is 2.60. The Morgan fingerprint density at radius 2 is 2.27 bits per heavy atom. The van der Waals surface area contributed by atoms with Crippen LogP contribution in [0.2, 0.25) is 0 Å². The smallest absolute Gasteiger partial charge is 0.148 e. The number of rotatable bonds is 3. The summed E-state index contributed by atoms with van der Waals surface area (Å²) in [6, 6.07) is 4.06. The van der Waals surface area contributed by atoms with Crippen molar-refractivity contribution in [1.29, 1.82) is 0 Å². The van der Waals surface area contributed by atoms with Crippen molar-refractivity contribution in [2.45, 2.75) is 6.92 Å². The largest absolute Gasteiger partial charge is 0.481 e. The van der Waals surface area contributed by atoms with Gasteiger partial charge >= 0.3 is 0 Å². The van der Waals surface area contributed by atoms with E-state index >= 15 is 0 Å². The topological polar surface area (TPSA) is 27.1 Å². The van der Waals surface area contributed by atoms with Gasteiger partial charge in [-0.3, -0.25) is 4.68 Å². The molecule has 0 aliphatic carbocycles. The molecule has 1 aromatic carbocycles. The molecule has 0 N–H and O–H groups in total. The van der Waals surface area contributed by atoms with Crippen LogP contribution in [0.5, 0.6) is 5.75 Å². The zero-order chi connectivity index (χ0) is 10.8. The van der Waals surface area contributed by atoms with Gasteiger partial charge < -0.3 is 4.74 Å². The van der Waals surface area contributed by atoms with Crippen LogP contribution in [0.15, 0.2) is 18.3 Å². The van der Waals surface area contributed by atoms with Crippen LogP contribution in [-0.2, 0) is 7.05 Å². The van der Waals surface area contributed by atoms with E-state index in [1.807, 2.05) is 30.2 Å². The Morgan fingerprint density at radius 3 is 3.00 bits per heavy atom. The van der Waals surface area contributed by atoms with Gasteiger partial charge in [0, 0.05) is 18.6 Å². The zero-order valence-corrected chi connectivity index (χ0v) is 9.97. The van der Waals surface area contributed by atoms with Crippen molar-refractivity contribution in [3.63, 3.8) is 0 Å². The summed E-state index contributed by atoms with van der Waals surface area (Å²) in [6.07, 6.45) is 4.04. The lowest BCUT2D eigenvalue weighted by Gasteiger charge is -2.05. The molecule has 0 unspecified atom stereocenters. The Labute approximate surface area is 93.4 Å². The molecule has 1 heterocycles. The van der Waals surface area contributed by atoms with Gasteiger partial charge in [-0.05, 0) is 24.8 Å². The molecule has 0 fully saturated rings. The molecule has 0 atom stereocenters. The molecule has 0 saturated heterocycles. The predicted molar refractivity (Wildman–Crippen MR) is 64.5 cm³/mol. The van der Waals surface area contributed by atoms with Crippen molar-refractivity contribution in [2.75, 3.05) is 12.2 Å². The van der Waals surface area contributed by atoms with Gasteiger partial charge in [0.15, 0.2) is 0 Å². The molecule has 0 saturated carbocycles. The van der Waals surface area contributed by atoms with Gasteiger partial charge in [0.1, 0.15) is 17.2 Å². The summed E-state index contributed by atoms with van der Waals surface area (Å²) in [6.45, 7) is 2.09. The molecule has 0 spiro atoms. The molecule has 0 aliphatic heterocycles. The minimum Gasteiger partial charge on any atom is -0.481 e. The Balaban J connectivity index is 2.50. The highest BCUT2D eigenvalue weighted by Gasteiger charge is 2.08. The van der Waals surface area contributed by atoms with E-state index in [2.05, 4.69) is 18.1 Å². The van der Waals surface area contributed by atoms with Crippen LogP contribution in [0.3, 0.4) is 0 Å². The molecule has 2 aromatic rings. The maximum atomic E-state index is 5.62. The third-order valence-electron chi connectivity index (χ3n) is 2.30. The van der Waals surface area contributed by atoms with Crippen LogP contribution < -0.4 is 4.74 Å². The third-order valence-corrected chi connectivity index (χ3v) is 2.66. The SMILES string of the molecule is CSCOc1ccc(C)c2cn(C)nc12. The number of hydrogen-bond donors (Lipinski definition) is 0. The number of fused-ring (bicyclic) bond motifs is 1. The van der Waals surface area contributed by atoms with Gasteiger partial charge in [-0.2, -0.15) is 5.10 Å². The minimum atomic E-state index is 0.661. The first-order chi connectivity index (χ1) is 7.22. The number of ether oxygens (including phenoxy) is 1. The standard InChI is InChI=1S/C11H14N2OS/c1-8-4-5-10(14-7-15-3)11-9(8)6-13(2)12-11/h4-6H,7H2,1-3H3. The predicted octanol–water partition coefficient (Wildman–Crippen LogP) is 2.58. The molecule has 1 aromatic heterocycles. The van der Waals surface area contributed by atoms with Crippen LogP contribution in [0.25, 0.3) is 10.9 Å². The number of benzene rings is 1. The number of hydrogen-bond acceptors (Lipinski definition) is 3. The van der Waals surface area contributed by atoms with Crippen molar-refractivity contribution in [3.8, 4) is 5.75 Å². The first-order valence-corrected chi connectivity index (χ1v) is 6.16. The minimum absolute atomic E-state index is 0.661. The molecular formula is C11H14N2OS. The molecule has 80 valence electrons. The maximum Gasteiger partial charge on any atom is 0.148 e. The molecule has 0 amide bonds. The number of aryl methyl sites for hydroxylation is 2. The third kappa shape index (κ3) is 1.95. The molecule has 2 rings (SSSR count). The van der Waals surface area contributed by atoms with Gasteiger partial charge in [0.05, 0.1) is 0 Å². The Bertz CT molecular complexity index is 479. The summed E-state index contributed by atoms with van der Waals surface area (Å²) in [4.78, 5) is 0. The van der Waals surface area contributed by atoms with Crippen LogP contribution in [0.4, 0.5) is 0 Å². The van der Waals surface area contributed by atoms with Crippen LogP contribution in [0, 0.1) is 6.92 Å². The molecule has 0 aliphatic rings. The van der Waals surface area contributed by atoms with Gasteiger partial charge in [-0.15, -0.1) is 11.8 Å². The first-order valence-electron chi connectivity index (χ1n) is 4.77. The highest BCUT2D eigenvalue weighted by atomic mass is 32.2. The fourth-order valence-corrected chi connectivity index (χ4v) is 1.81. The lowest BCUT2D eigenvalue weighted by molar-refractivity contribution is 0.397. The molecule has 0 bridgehead atoms. The fraction of sp³-hybridized carbons (Fsp3) is 0.364. The monoisotopic (exact) mass is 222 g/mol. The second kappa shape index (κ2) is 4.14. The van der Waals surface area contributed by atoms with Crippen LogP contribution in [-0.4, -0.2) is 22.0 Å². The summed E-state index contributed by atoms with van der Waals surface area (Å²) < 4.78 is 7.45. The Morgan fingerprint density at radius 1 is 1.47 bits per heavy atom. The van der Waals surface area contributed by atoms with Gasteiger partial charge in [-0.25, -0.2) is 0 Å². The first kappa shape index (κ1) is 10.4. The fourth-order valence-electron chi connectivity index (χ4n) is 1.57. The quantitative estimate of drug-likeness (QED) is 0.747. The van der Waals surface area contributed by atoms with E-state index in [0.717, 1.165) is 16.7 Å². The van der Waals surface area contributed by atoms with Gasteiger partial charge in [0.2, 0.25) is 0 Å². The van der Waals surface area contributed by atoms with E-state index in [9.17, 15) is 0 Å². The Kier molecular flexibility index (Phi) is 2.86. The van der Waals surface area contributed by atoms with Gasteiger partial charge in [0.25, 0.3) is 0 Å². The summed E-state index contributed by atoms with van der Waals surface area (Å²) in [5.41, 5.74) is 2.18. The van der Waals surface area contributed by atoms with Crippen molar-refractivity contribution in [1.82, 2.24) is 9.78 Å². The van der Waals surface area contributed by atoms with E-state index in [0.29, 0.717) is 5.94 Å². The molecule has 3 nitrogen and oxygen atoms in total. The van der Waals surface area contributed by atoms with E-state index in [-0.39, 0.29) is 0 Å². The second-order valence-corrected chi connectivity index (χ2v) is 4.31. The van der Waals surface area contributed by atoms with E-state index in [1.54, 1.807) is 11.8 Å². The highest BCUT2D eigenvalue weighted by molar-refractivity contribution is 7.98. The summed E-state index contributed by atoms with van der Waals surface area (Å²) >= 11 is 1.66. The zero-order valence-electron chi connectivity index (χ0n) is 9.15. The van der Waals surface area contributed by atoms with Crippen molar-refractivity contribution < 1.29 is 4.74 Å². The van der Waals surface area contributed by atoms with Crippen molar-refractivity contribution in [2.24, 2.45) is 7.05 Å². The van der Waals surface area contributed by atoms with E-state index < -0.39 is 0 Å². The van der Waals surface area contributed by atoms with Crippen LogP contribution in [0.1, 0.15) is 5.56 Å². The Hall–Kier alpha value is -1.16. The molecule has 4 heteroatoms. The van der Waals surface area contributed by atoms with Gasteiger partial charge in [-0.1, -0.05) is 6.07 Å². The molecular weight excluding hydrogens is 208 g/mol. The van der Waals surface area contributed by atoms with Crippen molar-refractivity contribution >= 4 is 22.7 Å². The maximum absolute atomic E-state index is 5.62. The summed E-state index contributed by atoms with van der Waals surface area (Å²) in [5, 5.41) is 5.57. The van der Waals surface area contributed by atoms with E-state index in [4.69, 9.17) is 4.74 Å². The average molecular weight is 222 g/mol. The lowest BCUT2D eigenvalue weighted by Crippen LogP contribution is -1.93. The molecule has 15 heavy (non-hydrogen) atoms. The lowest BCUT2D eigenvalue weighted by atomic mass is 10.1. The highest BCUT2D eigenvalue weighted by Crippen LogP contribution is 2.27. The normalized spacial score (nSPS) is 10.9. The van der Waals surface area contributed by atoms with E-state index in [1.165, 1.54) is 5.56 Å². The second-order valence-electron chi connectivity index (χ2n) is 3.50.